The lowest BCUT2D eigenvalue weighted by molar-refractivity contribution is -0.126. The van der Waals surface area contributed by atoms with Gasteiger partial charge in [0.2, 0.25) is 11.8 Å². The van der Waals surface area contributed by atoms with E-state index < -0.39 is 5.54 Å². The molecule has 0 saturated heterocycles. The summed E-state index contributed by atoms with van der Waals surface area (Å²) in [6.07, 6.45) is 1.32. The zero-order valence-corrected chi connectivity index (χ0v) is 9.59. The molecule has 0 saturated carbocycles. The first-order valence-corrected chi connectivity index (χ1v) is 5.16. The number of amides is 2. The lowest BCUT2D eigenvalue weighted by atomic mass is 9.94. The highest BCUT2D eigenvalue weighted by atomic mass is 16.3. The summed E-state index contributed by atoms with van der Waals surface area (Å²) in [5.74, 6) is -0.518. The molecule has 88 valence electrons. The molecule has 5 heteroatoms. The fourth-order valence-corrected chi connectivity index (χ4v) is 1.23. The summed E-state index contributed by atoms with van der Waals surface area (Å²) in [5.41, 5.74) is -0.560. The van der Waals surface area contributed by atoms with Crippen LogP contribution in [0.25, 0.3) is 0 Å². The third kappa shape index (κ3) is 4.78. The second kappa shape index (κ2) is 6.40. The number of aliphatic hydroxyl groups is 1. The lowest BCUT2D eigenvalue weighted by Gasteiger charge is -2.30. The van der Waals surface area contributed by atoms with Crippen LogP contribution >= 0.6 is 0 Å². The van der Waals surface area contributed by atoms with E-state index in [1.807, 2.05) is 13.8 Å². The zero-order chi connectivity index (χ0) is 11.9. The molecule has 0 aromatic heterocycles. The molecule has 0 bridgehead atoms. The smallest absolute Gasteiger partial charge is 0.239 e. The summed E-state index contributed by atoms with van der Waals surface area (Å²) >= 11 is 0. The van der Waals surface area contributed by atoms with Gasteiger partial charge in [0.05, 0.1) is 18.7 Å². The molecule has 3 N–H and O–H groups in total. The van der Waals surface area contributed by atoms with Crippen molar-refractivity contribution in [1.29, 1.82) is 0 Å². The Balaban J connectivity index is 4.17. The molecule has 0 aliphatic carbocycles. The van der Waals surface area contributed by atoms with Crippen LogP contribution in [0, 0.1) is 0 Å². The van der Waals surface area contributed by atoms with Gasteiger partial charge in [0.1, 0.15) is 0 Å². The minimum Gasteiger partial charge on any atom is -0.394 e. The maximum atomic E-state index is 11.4. The SMILES string of the molecule is CCC(CC)(CO)NC(=O)CNC(C)=O. The van der Waals surface area contributed by atoms with E-state index in [-0.39, 0.29) is 25.0 Å². The third-order valence-corrected chi connectivity index (χ3v) is 2.56. The summed E-state index contributed by atoms with van der Waals surface area (Å²) in [6, 6.07) is 0. The molecular weight excluding hydrogens is 196 g/mol. The highest BCUT2D eigenvalue weighted by molar-refractivity contribution is 5.84. The largest absolute Gasteiger partial charge is 0.394 e. The van der Waals surface area contributed by atoms with Crippen LogP contribution in [0.5, 0.6) is 0 Å². The summed E-state index contributed by atoms with van der Waals surface area (Å²) in [7, 11) is 0. The van der Waals surface area contributed by atoms with Crippen molar-refractivity contribution in [2.75, 3.05) is 13.2 Å². The Hall–Kier alpha value is -1.10. The zero-order valence-electron chi connectivity index (χ0n) is 9.59. The molecule has 0 atom stereocenters. The highest BCUT2D eigenvalue weighted by Crippen LogP contribution is 2.13. The van der Waals surface area contributed by atoms with Gasteiger partial charge in [-0.15, -0.1) is 0 Å². The fourth-order valence-electron chi connectivity index (χ4n) is 1.23. The van der Waals surface area contributed by atoms with Gasteiger partial charge >= 0.3 is 0 Å². The van der Waals surface area contributed by atoms with Gasteiger partial charge in [-0.3, -0.25) is 9.59 Å². The summed E-state index contributed by atoms with van der Waals surface area (Å²) in [4.78, 5) is 22.0. The monoisotopic (exact) mass is 216 g/mol. The molecule has 15 heavy (non-hydrogen) atoms. The van der Waals surface area contributed by atoms with E-state index in [1.165, 1.54) is 6.92 Å². The summed E-state index contributed by atoms with van der Waals surface area (Å²) in [6.45, 7) is 5.02. The first kappa shape index (κ1) is 13.9. The summed E-state index contributed by atoms with van der Waals surface area (Å²) in [5, 5.41) is 14.3. The van der Waals surface area contributed by atoms with Crippen LogP contribution in [0.4, 0.5) is 0 Å². The van der Waals surface area contributed by atoms with E-state index in [2.05, 4.69) is 10.6 Å². The van der Waals surface area contributed by atoms with Gasteiger partial charge in [-0.25, -0.2) is 0 Å². The maximum Gasteiger partial charge on any atom is 0.239 e. The normalized spacial score (nSPS) is 10.9. The number of hydrogen-bond donors (Lipinski definition) is 3. The van der Waals surface area contributed by atoms with E-state index in [1.54, 1.807) is 0 Å². The van der Waals surface area contributed by atoms with E-state index in [0.29, 0.717) is 12.8 Å². The average molecular weight is 216 g/mol. The van der Waals surface area contributed by atoms with Gasteiger partial charge in [0.15, 0.2) is 0 Å². The van der Waals surface area contributed by atoms with Crippen molar-refractivity contribution in [3.05, 3.63) is 0 Å². The van der Waals surface area contributed by atoms with Crippen LogP contribution in [0.2, 0.25) is 0 Å². The van der Waals surface area contributed by atoms with Gasteiger partial charge in [0.25, 0.3) is 0 Å². The predicted octanol–water partition coefficient (Wildman–Crippen LogP) is -0.210. The van der Waals surface area contributed by atoms with Crippen LogP contribution in [0.3, 0.4) is 0 Å². The molecule has 0 unspecified atom stereocenters. The minimum absolute atomic E-state index is 0.0446. The Morgan fingerprint density at radius 1 is 1.27 bits per heavy atom. The van der Waals surface area contributed by atoms with Crippen molar-refractivity contribution in [3.63, 3.8) is 0 Å². The lowest BCUT2D eigenvalue weighted by Crippen LogP contribution is -2.53. The molecule has 2 amide bonds. The van der Waals surface area contributed by atoms with Crippen molar-refractivity contribution in [2.45, 2.75) is 39.2 Å². The molecule has 0 rings (SSSR count). The molecule has 0 heterocycles. The Labute approximate surface area is 90.2 Å². The van der Waals surface area contributed by atoms with Crippen molar-refractivity contribution in [1.82, 2.24) is 10.6 Å². The van der Waals surface area contributed by atoms with Crippen LogP contribution in [0.1, 0.15) is 33.6 Å². The Morgan fingerprint density at radius 3 is 2.13 bits per heavy atom. The molecule has 0 radical (unpaired) electrons. The standard InChI is InChI=1S/C10H20N2O3/c1-4-10(5-2,7-13)12-9(15)6-11-8(3)14/h13H,4-7H2,1-3H3,(H,11,14)(H,12,15). The first-order chi connectivity index (χ1) is 6.99. The predicted molar refractivity (Wildman–Crippen MR) is 57.2 cm³/mol. The van der Waals surface area contributed by atoms with Crippen LogP contribution in [-0.4, -0.2) is 35.6 Å². The number of nitrogens with one attached hydrogen (secondary N) is 2. The van der Waals surface area contributed by atoms with Gasteiger partial charge < -0.3 is 15.7 Å². The second-order valence-corrected chi connectivity index (χ2v) is 3.60. The second-order valence-electron chi connectivity index (χ2n) is 3.60. The molecule has 0 aromatic carbocycles. The van der Waals surface area contributed by atoms with Crippen molar-refractivity contribution < 1.29 is 14.7 Å². The van der Waals surface area contributed by atoms with E-state index in [4.69, 9.17) is 0 Å². The average Bonchev–Trinajstić information content (AvgIpc) is 2.23. The fraction of sp³-hybridized carbons (Fsp3) is 0.800. The molecule has 0 fully saturated rings. The molecule has 5 nitrogen and oxygen atoms in total. The Morgan fingerprint density at radius 2 is 1.80 bits per heavy atom. The van der Waals surface area contributed by atoms with Gasteiger partial charge in [-0.05, 0) is 12.8 Å². The number of carbonyl (C=O) groups is 2. The Kier molecular flexibility index (Phi) is 5.93. The molecule has 0 aliphatic heterocycles. The topological polar surface area (TPSA) is 78.4 Å². The molecular formula is C10H20N2O3. The maximum absolute atomic E-state index is 11.4. The quantitative estimate of drug-likeness (QED) is 0.575. The van der Waals surface area contributed by atoms with E-state index >= 15 is 0 Å². The minimum atomic E-state index is -0.560. The number of hydrogen-bond acceptors (Lipinski definition) is 3. The van der Waals surface area contributed by atoms with Gasteiger partial charge in [0, 0.05) is 6.92 Å². The van der Waals surface area contributed by atoms with Gasteiger partial charge in [-0.1, -0.05) is 13.8 Å². The van der Waals surface area contributed by atoms with E-state index in [9.17, 15) is 14.7 Å². The molecule has 0 aromatic rings. The van der Waals surface area contributed by atoms with Crippen LogP contribution < -0.4 is 10.6 Å². The number of carbonyl (C=O) groups excluding carboxylic acids is 2. The van der Waals surface area contributed by atoms with Crippen molar-refractivity contribution in [3.8, 4) is 0 Å². The molecule has 0 aliphatic rings. The number of rotatable bonds is 6. The number of aliphatic hydroxyl groups excluding tert-OH is 1. The van der Waals surface area contributed by atoms with Crippen molar-refractivity contribution in [2.24, 2.45) is 0 Å². The Bertz CT molecular complexity index is 216. The third-order valence-electron chi connectivity index (χ3n) is 2.56. The van der Waals surface area contributed by atoms with Crippen molar-refractivity contribution >= 4 is 11.8 Å². The van der Waals surface area contributed by atoms with Crippen LogP contribution in [-0.2, 0) is 9.59 Å². The van der Waals surface area contributed by atoms with E-state index in [0.717, 1.165) is 0 Å². The molecule has 0 spiro atoms. The van der Waals surface area contributed by atoms with Crippen LogP contribution in [0.15, 0.2) is 0 Å². The highest BCUT2D eigenvalue weighted by Gasteiger charge is 2.26. The first-order valence-electron chi connectivity index (χ1n) is 5.16. The summed E-state index contributed by atoms with van der Waals surface area (Å²) < 4.78 is 0. The van der Waals surface area contributed by atoms with Gasteiger partial charge in [-0.2, -0.15) is 0 Å².